The molecule has 3 radical (unpaired) electrons. The summed E-state index contributed by atoms with van der Waals surface area (Å²) < 4.78 is 101. The van der Waals surface area contributed by atoms with Gasteiger partial charge in [0.1, 0.15) is 29.8 Å². The summed E-state index contributed by atoms with van der Waals surface area (Å²) in [4.78, 5) is 28.9. The van der Waals surface area contributed by atoms with Gasteiger partial charge in [-0.25, -0.2) is 13.2 Å². The van der Waals surface area contributed by atoms with Crippen LogP contribution in [0.1, 0.15) is 350 Å². The van der Waals surface area contributed by atoms with Gasteiger partial charge in [-0.1, -0.05) is 277 Å². The molecule has 621 valence electrons. The number of halogens is 11. The van der Waals surface area contributed by atoms with Crippen LogP contribution >= 0.6 is 32.9 Å². The maximum absolute atomic E-state index is 11.3. The third kappa shape index (κ3) is 1120. The Balaban J connectivity index is -0.0000000145. The van der Waals surface area contributed by atoms with E-state index in [0.29, 0.717) is 6.92 Å². The van der Waals surface area contributed by atoms with Crippen molar-refractivity contribution in [2.24, 2.45) is 0 Å². The Kier molecular flexibility index (Phi) is 671. The van der Waals surface area contributed by atoms with Crippen molar-refractivity contribution >= 4 is 60.4 Å². The Labute approximate surface area is 859 Å². The fourth-order valence-electron chi connectivity index (χ4n) is 1.19. The minimum atomic E-state index is -2.91. The average molecular weight is 1760 g/mol. The first kappa shape index (κ1) is 226. The molecule has 0 aliphatic rings. The van der Waals surface area contributed by atoms with Gasteiger partial charge in [0.15, 0.2) is 5.83 Å². The van der Waals surface area contributed by atoms with E-state index in [1.165, 1.54) is 90.9 Å². The molecule has 0 unspecified atom stereocenters. The predicted octanol–water partition coefficient (Wildman–Crippen LogP) is 9.55. The van der Waals surface area contributed by atoms with Gasteiger partial charge in [-0.2, -0.15) is 32.8 Å². The number of alkyl halides is 1. The van der Waals surface area contributed by atoms with Crippen LogP contribution in [-0.2, 0) is 24.0 Å². The van der Waals surface area contributed by atoms with E-state index in [1.54, 1.807) is 55.6 Å². The second-order valence-corrected chi connectivity index (χ2v) is 16.9. The second-order valence-electron chi connectivity index (χ2n) is 15.7. The Morgan fingerprint density at radius 2 is 0.714 bits per heavy atom. The zero-order valence-electron chi connectivity index (χ0n) is 78.2. The van der Waals surface area contributed by atoms with Crippen molar-refractivity contribution in [2.45, 2.75) is 358 Å². The number of hydrogen-bond donors (Lipinski definition) is 2. The first-order chi connectivity index (χ1) is 44.3. The smallest absolute Gasteiger partial charge is 1.00 e. The van der Waals surface area contributed by atoms with Crippen molar-refractivity contribution < 1.29 is 325 Å². The standard InChI is InChI=1S/C6H14.C6H12.C5H8O.C5H12.C4H6F2.C4H9O.C4H10.C4H9.C4H8.C4H6.C3H3F3.C3H8O.C3H4.C2H5Br.C2F4.C2H6O.2C2H4O.5C2H6.CH2O3.CH4.B.BrH.3K.Li.2Na.H2O.2H/c2*1-3-5-6-4-2;1-4-5(2,3)6;1-3-5-4-2;1-3(5)4(2)6;1-4(2,3)5;4*1-3-4-2;1-2(4)3(5)6;1-3-4-2;1-3-2;1-2-3;3-1(4)2(5)6;3*1-2-3;5*1-2;2-1-4-3;;;;;;;;;;;;/h3-6H2,1-2H3;3,5H,4,6H2,1-2H3;1,6H,2-3H3;3-5H2,1-2H3;1-2H3;1-3H3;3-4H2,1-2H3;1,3-4H2,2H3;3-4H,1-2H3;1-2H3;1H3;3H2,1-2H3;1H,2H3;2H2,1H3;;3H,2H2,1H3;2*2H,1H3;5*1-2H3;1,3H;1H4;;1H;;;;;;;1H2;;/q;;;;;-1;;-1;;;;;;;;;;;;;;;;;;;;6*+1;;2*-1/p-2/b;5-3+;;;4-3+;;;;4-3+;;;;;;;;;;;;;;;;;;;;;;;;;;;. The van der Waals surface area contributed by atoms with Crippen LogP contribution in [0.15, 0.2) is 60.0 Å². The summed E-state index contributed by atoms with van der Waals surface area (Å²) >= 11 is 3.15. The molecule has 0 fully saturated rings. The van der Waals surface area contributed by atoms with Crippen LogP contribution < -0.4 is 242 Å². The molecule has 0 saturated carbocycles. The maximum atomic E-state index is 11.3. The zero-order valence-corrected chi connectivity index (χ0v) is 92.8. The summed E-state index contributed by atoms with van der Waals surface area (Å²) in [5.41, 5.74) is -1.68. The molecule has 0 atom stereocenters. The molecule has 0 saturated heterocycles. The fourth-order valence-corrected chi connectivity index (χ4v) is 1.19. The van der Waals surface area contributed by atoms with Gasteiger partial charge >= 0.3 is 250 Å². The summed E-state index contributed by atoms with van der Waals surface area (Å²) in [6, 6.07) is 0. The fraction of sp³-hybridized carbons (Fsp3) is 0.740. The molecule has 3 N–H and O–H groups in total. The minimum absolute atomic E-state index is 0. The van der Waals surface area contributed by atoms with E-state index in [-0.39, 0.29) is 286 Å². The number of terminal acetylenes is 2. The molecule has 28 heteroatoms. The number of carbonyl (C=O) groups is 3. The van der Waals surface area contributed by atoms with Crippen LogP contribution in [0.5, 0.6) is 0 Å². The molecule has 0 aliphatic heterocycles. The van der Waals surface area contributed by atoms with Gasteiger partial charge in [-0.15, -0.1) is 53.2 Å². The molecule has 0 aromatic rings. The summed E-state index contributed by atoms with van der Waals surface area (Å²) in [5.74, 6) is 6.88. The number of rotatable bonds is 11. The Bertz CT molecular complexity index is 1300. The van der Waals surface area contributed by atoms with E-state index in [0.717, 1.165) is 44.8 Å². The van der Waals surface area contributed by atoms with E-state index in [1.807, 2.05) is 123 Å². The maximum Gasteiger partial charge on any atom is 1.00 e. The van der Waals surface area contributed by atoms with E-state index < -0.39 is 46.9 Å². The van der Waals surface area contributed by atoms with Crippen molar-refractivity contribution in [1.82, 2.24) is 0 Å². The van der Waals surface area contributed by atoms with Gasteiger partial charge in [-0.3, -0.25) is 4.79 Å². The van der Waals surface area contributed by atoms with Crippen LogP contribution in [0.4, 0.5) is 39.5 Å². The third-order valence-electron chi connectivity index (χ3n) is 5.35. The second kappa shape index (κ2) is 312. The first-order valence-electron chi connectivity index (χ1n) is 33.1. The largest absolute Gasteiger partial charge is 1.00 e. The number of carbonyl (C=O) groups excluding carboxylic acids is 3. The van der Waals surface area contributed by atoms with Gasteiger partial charge in [0, 0.05) is 34.1 Å². The third-order valence-corrected chi connectivity index (χ3v) is 5.35. The van der Waals surface area contributed by atoms with Crippen LogP contribution in [0.3, 0.4) is 0 Å². The summed E-state index contributed by atoms with van der Waals surface area (Å²) in [7, 11) is 1.68. The zero-order chi connectivity index (χ0) is 83.0. The predicted molar refractivity (Wildman–Crippen MR) is 437 cm³/mol. The Morgan fingerprint density at radius 3 is 0.733 bits per heavy atom. The number of aliphatic hydroxyl groups is 2. The molecule has 0 rings (SSSR count). The normalized spacial score (nSPS) is 6.89. The molecular formula is C77H167BBr2F9K3LiNa2O10. The van der Waals surface area contributed by atoms with E-state index in [4.69, 9.17) is 36.3 Å². The molecule has 0 heterocycles. The van der Waals surface area contributed by atoms with Crippen LogP contribution in [0, 0.1) is 43.5 Å². The van der Waals surface area contributed by atoms with Crippen molar-refractivity contribution in [3.63, 3.8) is 0 Å². The van der Waals surface area contributed by atoms with E-state index in [2.05, 4.69) is 137 Å². The number of unbranched alkanes of at least 4 members (excludes halogenated alkanes) is 8. The Morgan fingerprint density at radius 1 is 0.552 bits per heavy atom. The SMILES string of the molecule is Br.C.C#CC.C#CC(C)(C)O.C/C(F)=C(/C)F.C/C=C/C.C/C=C/CCC.CC.CC.CC.CC.CC.CC#CC.CC(C)(C)[O-].CC(F)=C(F)F.CC=O.CC=O.CCBr.CCCC.CCCCC.CCCCCC.CCO.CCOC.FC(F)=C(F)F.O=CO[O-].[B].[CH2-]CCC.[H-].[H-].[K+].[K+].[K+].[Li+].[Na+].[Na+].[OH-]. The number of hydrogen-bond acceptors (Lipinski definition) is 10. The van der Waals surface area contributed by atoms with Crippen LogP contribution in [-0.4, -0.2) is 80.0 Å². The van der Waals surface area contributed by atoms with Crippen molar-refractivity contribution in [3.05, 3.63) is 67.0 Å². The molecule has 0 aliphatic carbocycles. The number of methoxy groups -OCH3 is 1. The van der Waals surface area contributed by atoms with Crippen LogP contribution in [0.2, 0.25) is 0 Å². The van der Waals surface area contributed by atoms with Gasteiger partial charge in [0.05, 0.1) is 0 Å². The molecule has 0 aromatic heterocycles. The topological polar surface area (TPSA) is 186 Å². The average Bonchev–Trinajstić information content (AvgIpc) is 1.16. The van der Waals surface area contributed by atoms with Gasteiger partial charge in [0.25, 0.3) is 6.47 Å². The van der Waals surface area contributed by atoms with Crippen molar-refractivity contribution in [3.8, 4) is 36.5 Å². The molecular weight excluding hydrogens is 1600 g/mol. The number of aldehydes is 2. The number of aliphatic hydroxyl groups excluding tert-OH is 1. The van der Waals surface area contributed by atoms with Gasteiger partial charge in [-0.05, 0) is 110 Å². The number of allylic oxidation sites excluding steroid dienone is 7. The van der Waals surface area contributed by atoms with Gasteiger partial charge < -0.3 is 55.0 Å². The molecule has 0 bridgehead atoms. The molecule has 0 aromatic carbocycles. The summed E-state index contributed by atoms with van der Waals surface area (Å²) in [6.07, 6.45) is 28.1. The molecule has 0 amide bonds. The monoisotopic (exact) mass is 1760 g/mol. The van der Waals surface area contributed by atoms with Crippen LogP contribution in [0.25, 0.3) is 0 Å². The number of ether oxygens (including phenoxy) is 1. The van der Waals surface area contributed by atoms with E-state index >= 15 is 0 Å². The summed E-state index contributed by atoms with van der Waals surface area (Å²) in [5, 5.41) is 35.8. The Hall–Kier alpha value is 3.85. The quantitative estimate of drug-likeness (QED) is 0.0193. The van der Waals surface area contributed by atoms with E-state index in [9.17, 15) is 44.6 Å². The first-order valence-corrected chi connectivity index (χ1v) is 34.2. The molecule has 0 spiro atoms. The minimum Gasteiger partial charge on any atom is -1.00 e. The van der Waals surface area contributed by atoms with Crippen molar-refractivity contribution in [1.29, 1.82) is 0 Å². The summed E-state index contributed by atoms with van der Waals surface area (Å²) in [6.45, 7) is 72.8. The van der Waals surface area contributed by atoms with Gasteiger partial charge in [0.2, 0.25) is 0 Å². The molecule has 10 nitrogen and oxygen atoms in total. The van der Waals surface area contributed by atoms with Crippen molar-refractivity contribution in [2.75, 3.05) is 25.7 Å². The molecule has 105 heavy (non-hydrogen) atoms.